The fourth-order valence-corrected chi connectivity index (χ4v) is 4.06. The molecule has 0 atom stereocenters. The Morgan fingerprint density at radius 2 is 1.72 bits per heavy atom. The van der Waals surface area contributed by atoms with Crippen LogP contribution in [0.4, 0.5) is 11.4 Å². The summed E-state index contributed by atoms with van der Waals surface area (Å²) < 4.78 is 12.2. The van der Waals surface area contributed by atoms with Crippen molar-refractivity contribution in [3.63, 3.8) is 0 Å². The van der Waals surface area contributed by atoms with Gasteiger partial charge >= 0.3 is 0 Å². The Bertz CT molecular complexity index is 1330. The van der Waals surface area contributed by atoms with Gasteiger partial charge in [0.25, 0.3) is 11.8 Å². The number of nitrogens with one attached hydrogen (secondary N) is 2. The highest BCUT2D eigenvalue weighted by atomic mass is 127. The summed E-state index contributed by atoms with van der Waals surface area (Å²) >= 11 is 2.07. The van der Waals surface area contributed by atoms with Gasteiger partial charge in [0, 0.05) is 11.4 Å². The molecule has 0 unspecified atom stereocenters. The van der Waals surface area contributed by atoms with Crippen LogP contribution in [0.5, 0.6) is 11.5 Å². The Kier molecular flexibility index (Phi) is 9.47. The normalized spacial score (nSPS) is 10.8. The van der Waals surface area contributed by atoms with Crippen LogP contribution < -0.4 is 20.1 Å². The number of carbonyl (C=O) groups is 2. The van der Waals surface area contributed by atoms with Crippen LogP contribution in [0.15, 0.2) is 66.2 Å². The van der Waals surface area contributed by atoms with E-state index in [0.29, 0.717) is 38.6 Å². The molecule has 3 aromatic carbocycles. The molecule has 0 spiro atoms. The van der Waals surface area contributed by atoms with Crippen LogP contribution in [-0.2, 0) is 9.59 Å². The van der Waals surface area contributed by atoms with Crippen LogP contribution in [0.3, 0.4) is 0 Å². The molecule has 36 heavy (non-hydrogen) atoms. The second kappa shape index (κ2) is 12.7. The van der Waals surface area contributed by atoms with Gasteiger partial charge in [-0.1, -0.05) is 29.8 Å². The SMILES string of the molecule is CCOc1cc(/C=C(\C#N)C(=O)Nc2cccc(C)c2)cc(I)c1OCC(=O)Nc1ccc(C)cc1. The standard InChI is InChI=1S/C28H26IN3O4/c1-4-35-25-15-20(13-21(16-30)28(34)32-23-7-5-6-19(3)12-23)14-24(29)27(25)36-17-26(33)31-22-10-8-18(2)9-11-22/h5-15H,4,17H2,1-3H3,(H,31,33)(H,32,34)/b21-13+. The summed E-state index contributed by atoms with van der Waals surface area (Å²) in [5.41, 5.74) is 3.92. The minimum atomic E-state index is -0.510. The molecule has 0 aliphatic rings. The van der Waals surface area contributed by atoms with Gasteiger partial charge in [0.05, 0.1) is 10.2 Å². The first-order valence-electron chi connectivity index (χ1n) is 11.2. The summed E-state index contributed by atoms with van der Waals surface area (Å²) in [6.45, 7) is 5.89. The molecule has 8 heteroatoms. The van der Waals surface area contributed by atoms with Gasteiger partial charge in [-0.2, -0.15) is 5.26 Å². The number of rotatable bonds is 9. The van der Waals surface area contributed by atoms with Gasteiger partial charge in [-0.25, -0.2) is 0 Å². The second-order valence-electron chi connectivity index (χ2n) is 7.96. The lowest BCUT2D eigenvalue weighted by atomic mass is 10.1. The molecule has 0 bridgehead atoms. The number of benzene rings is 3. The summed E-state index contributed by atoms with van der Waals surface area (Å²) in [4.78, 5) is 25.0. The quantitative estimate of drug-likeness (QED) is 0.183. The predicted octanol–water partition coefficient (Wildman–Crippen LogP) is 5.87. The maximum atomic E-state index is 12.7. The van der Waals surface area contributed by atoms with E-state index < -0.39 is 5.91 Å². The van der Waals surface area contributed by atoms with E-state index >= 15 is 0 Å². The lowest BCUT2D eigenvalue weighted by Gasteiger charge is -2.15. The Labute approximate surface area is 224 Å². The molecule has 0 aliphatic carbocycles. The molecule has 7 nitrogen and oxygen atoms in total. The molecular formula is C28H26IN3O4. The molecule has 0 fully saturated rings. The first-order chi connectivity index (χ1) is 17.3. The van der Waals surface area contributed by atoms with Crippen molar-refractivity contribution in [3.05, 3.63) is 86.5 Å². The minimum absolute atomic E-state index is 0.0547. The van der Waals surface area contributed by atoms with E-state index in [1.54, 1.807) is 18.2 Å². The minimum Gasteiger partial charge on any atom is -0.490 e. The average Bonchev–Trinajstić information content (AvgIpc) is 2.83. The number of hydrogen-bond donors (Lipinski definition) is 2. The van der Waals surface area contributed by atoms with Crippen molar-refractivity contribution in [1.82, 2.24) is 0 Å². The highest BCUT2D eigenvalue weighted by molar-refractivity contribution is 14.1. The first-order valence-corrected chi connectivity index (χ1v) is 12.3. The van der Waals surface area contributed by atoms with E-state index in [9.17, 15) is 14.9 Å². The van der Waals surface area contributed by atoms with E-state index in [4.69, 9.17) is 9.47 Å². The summed E-state index contributed by atoms with van der Waals surface area (Å²) in [6, 6.07) is 20.2. The maximum Gasteiger partial charge on any atom is 0.266 e. The number of ether oxygens (including phenoxy) is 2. The zero-order chi connectivity index (χ0) is 26.1. The second-order valence-corrected chi connectivity index (χ2v) is 9.12. The Hall–Kier alpha value is -3.84. The molecule has 3 aromatic rings. The lowest BCUT2D eigenvalue weighted by Crippen LogP contribution is -2.20. The molecule has 3 rings (SSSR count). The molecule has 0 radical (unpaired) electrons. The molecule has 0 saturated carbocycles. The summed E-state index contributed by atoms with van der Waals surface area (Å²) in [6.07, 6.45) is 1.49. The van der Waals surface area contributed by atoms with Gasteiger partial charge in [0.2, 0.25) is 0 Å². The summed E-state index contributed by atoms with van der Waals surface area (Å²) in [5.74, 6) is 0.0105. The van der Waals surface area contributed by atoms with Crippen molar-refractivity contribution in [2.75, 3.05) is 23.8 Å². The molecule has 0 saturated heterocycles. The van der Waals surface area contributed by atoms with Crippen LogP contribution in [0.25, 0.3) is 6.08 Å². The Morgan fingerprint density at radius 1 is 0.972 bits per heavy atom. The molecule has 0 heterocycles. The largest absolute Gasteiger partial charge is 0.490 e. The van der Waals surface area contributed by atoms with Crippen LogP contribution in [0.2, 0.25) is 0 Å². The van der Waals surface area contributed by atoms with Crippen molar-refractivity contribution in [2.45, 2.75) is 20.8 Å². The van der Waals surface area contributed by atoms with Crippen LogP contribution >= 0.6 is 22.6 Å². The zero-order valence-corrected chi connectivity index (χ0v) is 22.4. The van der Waals surface area contributed by atoms with Crippen LogP contribution in [0, 0.1) is 28.7 Å². The fraction of sp³-hybridized carbons (Fsp3) is 0.179. The van der Waals surface area contributed by atoms with E-state index in [1.165, 1.54) is 6.08 Å². The monoisotopic (exact) mass is 595 g/mol. The number of anilines is 2. The summed E-state index contributed by atoms with van der Waals surface area (Å²) in [5, 5.41) is 15.1. The molecule has 0 aromatic heterocycles. The number of nitriles is 1. The van der Waals surface area contributed by atoms with Gasteiger partial charge in [0.1, 0.15) is 11.6 Å². The van der Waals surface area contributed by atoms with E-state index in [-0.39, 0.29) is 18.1 Å². The molecule has 0 aliphatic heterocycles. The number of halogens is 1. The third kappa shape index (κ3) is 7.58. The third-order valence-electron chi connectivity index (χ3n) is 4.97. The van der Waals surface area contributed by atoms with E-state index in [1.807, 2.05) is 69.3 Å². The van der Waals surface area contributed by atoms with Gasteiger partial charge in [-0.15, -0.1) is 0 Å². The lowest BCUT2D eigenvalue weighted by molar-refractivity contribution is -0.118. The van der Waals surface area contributed by atoms with Crippen LogP contribution in [-0.4, -0.2) is 25.0 Å². The Morgan fingerprint density at radius 3 is 2.39 bits per heavy atom. The molecular weight excluding hydrogens is 569 g/mol. The van der Waals surface area contributed by atoms with E-state index in [0.717, 1.165) is 11.1 Å². The predicted molar refractivity (Wildman–Crippen MR) is 149 cm³/mol. The van der Waals surface area contributed by atoms with Gasteiger partial charge in [-0.05, 0) is 97.0 Å². The number of nitrogens with zero attached hydrogens (tertiary/aromatic N) is 1. The van der Waals surface area contributed by atoms with Crippen LogP contribution in [0.1, 0.15) is 23.6 Å². The number of amides is 2. The molecule has 2 N–H and O–H groups in total. The van der Waals surface area contributed by atoms with Gasteiger partial charge in [-0.3, -0.25) is 9.59 Å². The highest BCUT2D eigenvalue weighted by Gasteiger charge is 2.16. The summed E-state index contributed by atoms with van der Waals surface area (Å²) in [7, 11) is 0. The first kappa shape index (κ1) is 26.8. The third-order valence-corrected chi connectivity index (χ3v) is 5.77. The van der Waals surface area contributed by atoms with E-state index in [2.05, 4.69) is 33.2 Å². The van der Waals surface area contributed by atoms with Gasteiger partial charge < -0.3 is 20.1 Å². The number of aryl methyl sites for hydroxylation is 2. The van der Waals surface area contributed by atoms with Crippen molar-refractivity contribution in [3.8, 4) is 17.6 Å². The van der Waals surface area contributed by atoms with Crippen molar-refractivity contribution >= 4 is 51.9 Å². The number of hydrogen-bond acceptors (Lipinski definition) is 5. The Balaban J connectivity index is 1.76. The maximum absolute atomic E-state index is 12.7. The van der Waals surface area contributed by atoms with Crippen molar-refractivity contribution in [1.29, 1.82) is 5.26 Å². The van der Waals surface area contributed by atoms with Gasteiger partial charge in [0.15, 0.2) is 18.1 Å². The van der Waals surface area contributed by atoms with Crippen molar-refractivity contribution < 1.29 is 19.1 Å². The fourth-order valence-electron chi connectivity index (χ4n) is 3.28. The van der Waals surface area contributed by atoms with Crippen molar-refractivity contribution in [2.24, 2.45) is 0 Å². The topological polar surface area (TPSA) is 100 Å². The number of carbonyl (C=O) groups excluding carboxylic acids is 2. The molecule has 2 amide bonds. The highest BCUT2D eigenvalue weighted by Crippen LogP contribution is 2.35. The zero-order valence-electron chi connectivity index (χ0n) is 20.2. The molecule has 184 valence electrons. The average molecular weight is 595 g/mol. The smallest absolute Gasteiger partial charge is 0.266 e.